The van der Waals surface area contributed by atoms with Gasteiger partial charge in [0.2, 0.25) is 0 Å². The summed E-state index contributed by atoms with van der Waals surface area (Å²) in [6.07, 6.45) is -0.778. The fraction of sp³-hybridized carbons (Fsp3) is 0.412. The van der Waals surface area contributed by atoms with E-state index in [1.54, 1.807) is 6.07 Å². The number of allylic oxidation sites excluding steroid dienone is 1. The van der Waals surface area contributed by atoms with E-state index in [-0.39, 0.29) is 0 Å². The minimum atomic E-state index is -2.51. The number of alkyl halides is 2. The Labute approximate surface area is 134 Å². The number of halogens is 2. The summed E-state index contributed by atoms with van der Waals surface area (Å²) in [5.41, 5.74) is 1.57. The highest BCUT2D eigenvalue weighted by atomic mass is 19.3. The molecule has 0 saturated carbocycles. The summed E-state index contributed by atoms with van der Waals surface area (Å²) in [5, 5.41) is 0.833. The molecule has 0 saturated heterocycles. The summed E-state index contributed by atoms with van der Waals surface area (Å²) in [6.45, 7) is 5.28. The van der Waals surface area contributed by atoms with E-state index < -0.39 is 13.0 Å². The van der Waals surface area contributed by atoms with Crippen LogP contribution in [0.4, 0.5) is 14.5 Å². The number of anilines is 1. The molecule has 0 aliphatic carbocycles. The van der Waals surface area contributed by atoms with E-state index in [0.29, 0.717) is 17.4 Å². The maximum atomic E-state index is 12.4. The smallest absolute Gasteiger partial charge is 0.272 e. The van der Waals surface area contributed by atoms with Crippen LogP contribution in [0.15, 0.2) is 30.5 Å². The highest BCUT2D eigenvalue weighted by Crippen LogP contribution is 2.34. The maximum Gasteiger partial charge on any atom is 0.272 e. The molecule has 126 valence electrons. The number of aromatic amines is 1. The number of H-pyrrole nitrogens is 1. The van der Waals surface area contributed by atoms with Crippen molar-refractivity contribution in [1.29, 1.82) is 0 Å². The number of nitrogens with one attached hydrogen (secondary N) is 1. The number of nitrogens with zero attached hydrogens (tertiary/aromatic N) is 1. The Kier molecular flexibility index (Phi) is 5.47. The first-order valence-electron chi connectivity index (χ1n) is 7.51. The van der Waals surface area contributed by atoms with Crippen molar-refractivity contribution < 1.29 is 18.3 Å². The van der Waals surface area contributed by atoms with Crippen molar-refractivity contribution >= 4 is 16.6 Å². The van der Waals surface area contributed by atoms with Gasteiger partial charge in [0.1, 0.15) is 12.4 Å². The Morgan fingerprint density at radius 1 is 1.30 bits per heavy atom. The Balaban J connectivity index is 2.32. The van der Waals surface area contributed by atoms with Gasteiger partial charge in [0, 0.05) is 32.0 Å². The molecule has 0 spiro atoms. The lowest BCUT2D eigenvalue weighted by molar-refractivity contribution is 0.0822. The third-order valence-corrected chi connectivity index (χ3v) is 3.31. The van der Waals surface area contributed by atoms with Crippen LogP contribution in [0, 0.1) is 0 Å². The van der Waals surface area contributed by atoms with E-state index in [2.05, 4.69) is 18.5 Å². The standard InChI is InChI=1S/C17H22F2N2O2/c1-5-6-11(2)23-17-8-12-7-15(22-10-16(18)19)14(21(3)4)9-13(12)20-17/h7-9,16,20H,2,5-6,10H2,1,3-4H3. The van der Waals surface area contributed by atoms with Crippen LogP contribution < -0.4 is 14.4 Å². The molecule has 2 aromatic rings. The molecule has 0 fully saturated rings. The van der Waals surface area contributed by atoms with Crippen LogP contribution in [0.2, 0.25) is 0 Å². The van der Waals surface area contributed by atoms with Crippen molar-refractivity contribution in [2.75, 3.05) is 25.6 Å². The minimum Gasteiger partial charge on any atom is -0.485 e. The lowest BCUT2D eigenvalue weighted by Crippen LogP contribution is -2.13. The molecule has 2 rings (SSSR count). The third-order valence-electron chi connectivity index (χ3n) is 3.31. The SMILES string of the molecule is C=C(CCC)Oc1cc2cc(OCC(F)F)c(N(C)C)cc2[nH]1. The number of rotatable bonds is 8. The van der Waals surface area contributed by atoms with E-state index in [1.807, 2.05) is 31.1 Å². The molecule has 0 aliphatic rings. The topological polar surface area (TPSA) is 37.5 Å². The van der Waals surface area contributed by atoms with Crippen LogP contribution in [-0.2, 0) is 0 Å². The van der Waals surface area contributed by atoms with Gasteiger partial charge in [0.15, 0.2) is 5.88 Å². The van der Waals surface area contributed by atoms with Crippen molar-refractivity contribution in [2.45, 2.75) is 26.2 Å². The van der Waals surface area contributed by atoms with Gasteiger partial charge in [0.05, 0.1) is 17.0 Å². The number of hydrogen-bond acceptors (Lipinski definition) is 3. The van der Waals surface area contributed by atoms with E-state index in [9.17, 15) is 8.78 Å². The van der Waals surface area contributed by atoms with Crippen LogP contribution in [0.3, 0.4) is 0 Å². The second-order valence-electron chi connectivity index (χ2n) is 5.53. The van der Waals surface area contributed by atoms with Crippen molar-refractivity contribution in [2.24, 2.45) is 0 Å². The molecule has 1 aromatic carbocycles. The third kappa shape index (κ3) is 4.37. The van der Waals surface area contributed by atoms with Gasteiger partial charge in [-0.05, 0) is 18.6 Å². The number of aromatic nitrogens is 1. The molecule has 0 radical (unpaired) electrons. The summed E-state index contributed by atoms with van der Waals surface area (Å²) in [7, 11) is 3.67. The van der Waals surface area contributed by atoms with E-state index in [4.69, 9.17) is 9.47 Å². The molecule has 6 heteroatoms. The number of benzene rings is 1. The molecule has 1 N–H and O–H groups in total. The maximum absolute atomic E-state index is 12.4. The molecule has 4 nitrogen and oxygen atoms in total. The fourth-order valence-corrected chi connectivity index (χ4v) is 2.28. The predicted molar refractivity (Wildman–Crippen MR) is 88.8 cm³/mol. The number of ether oxygens (including phenoxy) is 2. The fourth-order valence-electron chi connectivity index (χ4n) is 2.28. The first kappa shape index (κ1) is 17.1. The largest absolute Gasteiger partial charge is 0.485 e. The molecule has 23 heavy (non-hydrogen) atoms. The first-order chi connectivity index (χ1) is 10.9. The zero-order chi connectivity index (χ0) is 17.0. The average Bonchev–Trinajstić information content (AvgIpc) is 2.84. The van der Waals surface area contributed by atoms with Crippen LogP contribution in [0.1, 0.15) is 19.8 Å². The van der Waals surface area contributed by atoms with Crippen molar-refractivity contribution in [1.82, 2.24) is 4.98 Å². The summed E-state index contributed by atoms with van der Waals surface area (Å²) < 4.78 is 35.7. The van der Waals surface area contributed by atoms with Gasteiger partial charge < -0.3 is 19.4 Å². The molecule has 0 amide bonds. The summed E-state index contributed by atoms with van der Waals surface area (Å²) in [6, 6.07) is 5.40. The van der Waals surface area contributed by atoms with Gasteiger partial charge in [-0.15, -0.1) is 0 Å². The van der Waals surface area contributed by atoms with Crippen molar-refractivity contribution in [3.8, 4) is 11.6 Å². The lowest BCUT2D eigenvalue weighted by Gasteiger charge is -2.18. The Hall–Kier alpha value is -2.24. The molecular weight excluding hydrogens is 302 g/mol. The number of fused-ring (bicyclic) bond motifs is 1. The molecule has 1 heterocycles. The van der Waals surface area contributed by atoms with Crippen molar-refractivity contribution in [3.63, 3.8) is 0 Å². The van der Waals surface area contributed by atoms with Gasteiger partial charge in [-0.1, -0.05) is 13.5 Å². The molecular formula is C17H22F2N2O2. The Bertz CT molecular complexity index is 681. The van der Waals surface area contributed by atoms with E-state index >= 15 is 0 Å². The summed E-state index contributed by atoms with van der Waals surface area (Å²) in [5.74, 6) is 1.68. The van der Waals surface area contributed by atoms with Gasteiger partial charge in [-0.3, -0.25) is 0 Å². The van der Waals surface area contributed by atoms with Gasteiger partial charge in [-0.2, -0.15) is 0 Å². The zero-order valence-electron chi connectivity index (χ0n) is 13.7. The molecule has 0 unspecified atom stereocenters. The van der Waals surface area contributed by atoms with Crippen molar-refractivity contribution in [3.05, 3.63) is 30.5 Å². The Morgan fingerprint density at radius 3 is 2.65 bits per heavy atom. The first-order valence-corrected chi connectivity index (χ1v) is 7.51. The second-order valence-corrected chi connectivity index (χ2v) is 5.53. The summed E-state index contributed by atoms with van der Waals surface area (Å²) in [4.78, 5) is 4.98. The second kappa shape index (κ2) is 7.35. The van der Waals surface area contributed by atoms with Crippen LogP contribution in [-0.4, -0.2) is 32.1 Å². The average molecular weight is 324 g/mol. The normalized spacial score (nSPS) is 11.0. The summed E-state index contributed by atoms with van der Waals surface area (Å²) >= 11 is 0. The highest BCUT2D eigenvalue weighted by Gasteiger charge is 2.13. The van der Waals surface area contributed by atoms with Crippen LogP contribution in [0.5, 0.6) is 11.6 Å². The molecule has 0 aliphatic heterocycles. The van der Waals surface area contributed by atoms with Gasteiger partial charge in [0.25, 0.3) is 6.43 Å². The highest BCUT2D eigenvalue weighted by molar-refractivity contribution is 5.88. The van der Waals surface area contributed by atoms with Gasteiger partial charge in [-0.25, -0.2) is 8.78 Å². The molecule has 1 aromatic heterocycles. The number of hydrogen-bond donors (Lipinski definition) is 1. The zero-order valence-corrected chi connectivity index (χ0v) is 13.7. The van der Waals surface area contributed by atoms with Crippen LogP contribution in [0.25, 0.3) is 10.9 Å². The Morgan fingerprint density at radius 2 is 2.04 bits per heavy atom. The minimum absolute atomic E-state index is 0.417. The van der Waals surface area contributed by atoms with E-state index in [0.717, 1.165) is 29.4 Å². The van der Waals surface area contributed by atoms with E-state index in [1.165, 1.54) is 0 Å². The monoisotopic (exact) mass is 324 g/mol. The molecule has 0 bridgehead atoms. The van der Waals surface area contributed by atoms with Gasteiger partial charge >= 0.3 is 0 Å². The quantitative estimate of drug-likeness (QED) is 0.723. The van der Waals surface area contributed by atoms with Crippen LogP contribution >= 0.6 is 0 Å². The predicted octanol–water partition coefficient (Wildman–Crippen LogP) is 4.57. The molecule has 0 atom stereocenters. The lowest BCUT2D eigenvalue weighted by atomic mass is 10.2.